The van der Waals surface area contributed by atoms with Gasteiger partial charge in [0.1, 0.15) is 3.70 Å². The van der Waals surface area contributed by atoms with Gasteiger partial charge in [-0.1, -0.05) is 40.0 Å². The molecule has 15 heavy (non-hydrogen) atoms. The smallest absolute Gasteiger partial charge is 0.118 e. The second-order valence-electron chi connectivity index (χ2n) is 4.43. The lowest BCUT2D eigenvalue weighted by molar-refractivity contribution is 0.381. The van der Waals surface area contributed by atoms with Crippen LogP contribution >= 0.6 is 34.1 Å². The van der Waals surface area contributed by atoms with Gasteiger partial charge in [-0.3, -0.25) is 0 Å². The van der Waals surface area contributed by atoms with Crippen LogP contribution in [0.25, 0.3) is 0 Å². The summed E-state index contributed by atoms with van der Waals surface area (Å²) in [6.07, 6.45) is 6.44. The molecule has 1 atom stereocenters. The van der Waals surface area contributed by atoms with E-state index in [2.05, 4.69) is 53.1 Å². The largest absolute Gasteiger partial charge is 0.186 e. The van der Waals surface area contributed by atoms with E-state index < -0.39 is 0 Å². The topological polar surface area (TPSA) is 12.9 Å². The Morgan fingerprint density at radius 2 is 2.07 bits per heavy atom. The minimum Gasteiger partial charge on any atom is -0.186 e. The Morgan fingerprint density at radius 3 is 2.53 bits per heavy atom. The van der Waals surface area contributed by atoms with Gasteiger partial charge in [-0.2, -0.15) is 4.37 Å². The Kier molecular flexibility index (Phi) is 5.53. The Morgan fingerprint density at radius 1 is 1.33 bits per heavy atom. The van der Waals surface area contributed by atoms with Gasteiger partial charge in [0.25, 0.3) is 0 Å². The van der Waals surface area contributed by atoms with Crippen LogP contribution in [0.5, 0.6) is 0 Å². The lowest BCUT2D eigenvalue weighted by Crippen LogP contribution is -2.22. The Balaban J connectivity index is 2.85. The fourth-order valence-corrected chi connectivity index (χ4v) is 4.23. The molecule has 1 aromatic heterocycles. The Labute approximate surface area is 111 Å². The molecular formula is C12H20INS. The quantitative estimate of drug-likeness (QED) is 0.666. The Bertz CT molecular complexity index is 298. The van der Waals surface area contributed by atoms with Crippen molar-refractivity contribution in [3.63, 3.8) is 0 Å². The summed E-state index contributed by atoms with van der Waals surface area (Å²) in [5.41, 5.74) is 1.83. The van der Waals surface area contributed by atoms with E-state index in [0.29, 0.717) is 5.41 Å². The Hall–Kier alpha value is 0.360. The van der Waals surface area contributed by atoms with Crippen molar-refractivity contribution in [3.8, 4) is 0 Å². The van der Waals surface area contributed by atoms with Gasteiger partial charge in [0.2, 0.25) is 0 Å². The fourth-order valence-electron chi connectivity index (χ4n) is 2.13. The van der Waals surface area contributed by atoms with Gasteiger partial charge >= 0.3 is 0 Å². The molecule has 0 aliphatic heterocycles. The maximum Gasteiger partial charge on any atom is 0.118 e. The van der Waals surface area contributed by atoms with E-state index >= 15 is 0 Å². The van der Waals surface area contributed by atoms with E-state index in [1.807, 2.05) is 0 Å². The van der Waals surface area contributed by atoms with E-state index in [1.165, 1.54) is 41.4 Å². The van der Waals surface area contributed by atoms with Crippen LogP contribution < -0.4 is 0 Å². The molecule has 0 N–H and O–H groups in total. The van der Waals surface area contributed by atoms with Crippen molar-refractivity contribution in [1.29, 1.82) is 0 Å². The molecule has 0 spiro atoms. The number of aromatic nitrogens is 1. The van der Waals surface area contributed by atoms with Gasteiger partial charge in [-0.25, -0.2) is 0 Å². The van der Waals surface area contributed by atoms with Crippen LogP contribution in [-0.2, 0) is 5.41 Å². The molecule has 3 heteroatoms. The zero-order chi connectivity index (χ0) is 11.3. The summed E-state index contributed by atoms with van der Waals surface area (Å²) in [5.74, 6) is 0. The highest BCUT2D eigenvalue weighted by Crippen LogP contribution is 2.37. The van der Waals surface area contributed by atoms with Crippen LogP contribution in [0.4, 0.5) is 0 Å². The SMILES string of the molecule is CCCCC(C)(CCC)c1csnc1I. The van der Waals surface area contributed by atoms with Gasteiger partial charge in [0, 0.05) is 10.9 Å². The second kappa shape index (κ2) is 6.18. The summed E-state index contributed by atoms with van der Waals surface area (Å²) in [6, 6.07) is 0. The van der Waals surface area contributed by atoms with Crippen LogP contribution in [0.1, 0.15) is 58.4 Å². The van der Waals surface area contributed by atoms with Crippen LogP contribution in [0.15, 0.2) is 5.38 Å². The molecule has 0 aliphatic rings. The molecular weight excluding hydrogens is 317 g/mol. The molecule has 86 valence electrons. The zero-order valence-corrected chi connectivity index (χ0v) is 12.8. The molecule has 1 nitrogen and oxygen atoms in total. The molecule has 0 radical (unpaired) electrons. The highest BCUT2D eigenvalue weighted by Gasteiger charge is 2.28. The first-order chi connectivity index (χ1) is 7.14. The summed E-state index contributed by atoms with van der Waals surface area (Å²) in [7, 11) is 0. The molecule has 0 saturated carbocycles. The van der Waals surface area contributed by atoms with Gasteiger partial charge in [0.15, 0.2) is 0 Å². The molecule has 1 rings (SSSR count). The number of nitrogens with zero attached hydrogens (tertiary/aromatic N) is 1. The summed E-state index contributed by atoms with van der Waals surface area (Å²) in [5, 5.41) is 2.24. The van der Waals surface area contributed by atoms with Gasteiger partial charge in [-0.15, -0.1) is 0 Å². The molecule has 1 aromatic rings. The standard InChI is InChI=1S/C12H20INS/c1-4-6-8-12(3,7-5-2)10-9-15-14-11(10)13/h9H,4-8H2,1-3H3. The van der Waals surface area contributed by atoms with Crippen molar-refractivity contribution in [1.82, 2.24) is 4.37 Å². The summed E-state index contributed by atoms with van der Waals surface area (Å²) >= 11 is 3.97. The maximum absolute atomic E-state index is 4.40. The average molecular weight is 337 g/mol. The van der Waals surface area contributed by atoms with Crippen LogP contribution in [0, 0.1) is 3.70 Å². The lowest BCUT2D eigenvalue weighted by Gasteiger charge is -2.29. The predicted octanol–water partition coefficient (Wildman–Crippen LogP) is 5.00. The molecule has 0 amide bonds. The van der Waals surface area contributed by atoms with Crippen molar-refractivity contribution in [2.45, 2.75) is 58.3 Å². The summed E-state index contributed by atoms with van der Waals surface area (Å²) in [6.45, 7) is 6.94. The van der Waals surface area contributed by atoms with Crippen molar-refractivity contribution in [3.05, 3.63) is 14.6 Å². The van der Waals surface area contributed by atoms with Crippen molar-refractivity contribution < 1.29 is 0 Å². The van der Waals surface area contributed by atoms with Crippen molar-refractivity contribution in [2.24, 2.45) is 0 Å². The monoisotopic (exact) mass is 337 g/mol. The first-order valence-electron chi connectivity index (χ1n) is 5.74. The third-order valence-electron chi connectivity index (χ3n) is 3.06. The molecule has 0 saturated heterocycles. The zero-order valence-electron chi connectivity index (χ0n) is 9.85. The van der Waals surface area contributed by atoms with E-state index in [-0.39, 0.29) is 0 Å². The normalized spacial score (nSPS) is 15.2. The second-order valence-corrected chi connectivity index (χ2v) is 6.08. The third kappa shape index (κ3) is 3.41. The number of hydrogen-bond acceptors (Lipinski definition) is 2. The van der Waals surface area contributed by atoms with Crippen LogP contribution in [0.3, 0.4) is 0 Å². The van der Waals surface area contributed by atoms with E-state index in [4.69, 9.17) is 0 Å². The van der Waals surface area contributed by atoms with E-state index in [1.54, 1.807) is 11.5 Å². The predicted molar refractivity (Wildman–Crippen MR) is 76.6 cm³/mol. The molecule has 0 aliphatic carbocycles. The fraction of sp³-hybridized carbons (Fsp3) is 0.750. The number of halogens is 1. The van der Waals surface area contributed by atoms with Gasteiger partial charge in [0.05, 0.1) is 0 Å². The molecule has 1 heterocycles. The highest BCUT2D eigenvalue weighted by molar-refractivity contribution is 14.1. The van der Waals surface area contributed by atoms with Crippen molar-refractivity contribution >= 4 is 34.1 Å². The van der Waals surface area contributed by atoms with E-state index in [9.17, 15) is 0 Å². The summed E-state index contributed by atoms with van der Waals surface area (Å²) in [4.78, 5) is 0. The third-order valence-corrected chi connectivity index (χ3v) is 4.84. The number of hydrogen-bond donors (Lipinski definition) is 0. The van der Waals surface area contributed by atoms with Gasteiger partial charge in [-0.05, 0) is 52.4 Å². The molecule has 0 bridgehead atoms. The summed E-state index contributed by atoms with van der Waals surface area (Å²) < 4.78 is 5.61. The first kappa shape index (κ1) is 13.4. The first-order valence-corrected chi connectivity index (χ1v) is 7.66. The molecule has 0 fully saturated rings. The van der Waals surface area contributed by atoms with Crippen LogP contribution in [-0.4, -0.2) is 4.37 Å². The molecule has 0 aromatic carbocycles. The van der Waals surface area contributed by atoms with E-state index in [0.717, 1.165) is 0 Å². The highest BCUT2D eigenvalue weighted by atomic mass is 127. The lowest BCUT2D eigenvalue weighted by atomic mass is 9.76. The average Bonchev–Trinajstić information content (AvgIpc) is 2.62. The minimum absolute atomic E-state index is 0.355. The number of unbranched alkanes of at least 4 members (excludes halogenated alkanes) is 1. The maximum atomic E-state index is 4.40. The molecule has 1 unspecified atom stereocenters. The van der Waals surface area contributed by atoms with Gasteiger partial charge < -0.3 is 0 Å². The van der Waals surface area contributed by atoms with Crippen molar-refractivity contribution in [2.75, 3.05) is 0 Å². The minimum atomic E-state index is 0.355. The number of rotatable bonds is 6. The van der Waals surface area contributed by atoms with Crippen LogP contribution in [0.2, 0.25) is 0 Å².